The Morgan fingerprint density at radius 3 is 2.58 bits per heavy atom. The molecule has 0 atom stereocenters. The molecule has 2 aromatic carbocycles. The number of amides is 1. The van der Waals surface area contributed by atoms with Crippen molar-refractivity contribution in [2.24, 2.45) is 0 Å². The molecule has 0 bridgehead atoms. The van der Waals surface area contributed by atoms with E-state index in [2.05, 4.69) is 10.6 Å². The fourth-order valence-electron chi connectivity index (χ4n) is 2.19. The molecule has 0 aliphatic heterocycles. The van der Waals surface area contributed by atoms with Crippen LogP contribution in [0.1, 0.15) is 5.56 Å². The minimum absolute atomic E-state index is 0.0827. The van der Waals surface area contributed by atoms with Gasteiger partial charge in [-0.1, -0.05) is 18.2 Å². The predicted octanol–water partition coefficient (Wildman–Crippen LogP) is 4.71. The van der Waals surface area contributed by atoms with E-state index in [9.17, 15) is 18.0 Å². The summed E-state index contributed by atoms with van der Waals surface area (Å²) in [5, 5.41) is 5.62. The van der Waals surface area contributed by atoms with Gasteiger partial charge in [-0.25, -0.2) is 0 Å². The third-order valence-corrected chi connectivity index (χ3v) is 4.49. The number of rotatable bonds is 7. The van der Waals surface area contributed by atoms with E-state index in [1.54, 1.807) is 36.4 Å². The van der Waals surface area contributed by atoms with Crippen LogP contribution in [0.5, 0.6) is 5.75 Å². The van der Waals surface area contributed by atoms with E-state index in [-0.39, 0.29) is 12.5 Å². The average molecular weight is 384 g/mol. The van der Waals surface area contributed by atoms with Gasteiger partial charge in [0.1, 0.15) is 5.75 Å². The molecule has 0 radical (unpaired) electrons. The molecule has 1 amide bonds. The third kappa shape index (κ3) is 6.18. The Balaban J connectivity index is 1.99. The number of alkyl halides is 3. The number of carbonyl (C=O) groups excluding carboxylic acids is 1. The molecule has 26 heavy (non-hydrogen) atoms. The predicted molar refractivity (Wildman–Crippen MR) is 98.1 cm³/mol. The van der Waals surface area contributed by atoms with Gasteiger partial charge in [-0.15, -0.1) is 11.8 Å². The largest absolute Gasteiger partial charge is 0.495 e. The summed E-state index contributed by atoms with van der Waals surface area (Å²) in [6.07, 6.45) is -4.25. The van der Waals surface area contributed by atoms with Gasteiger partial charge in [-0.3, -0.25) is 4.79 Å². The first-order valence-electron chi connectivity index (χ1n) is 7.75. The Morgan fingerprint density at radius 1 is 1.15 bits per heavy atom. The van der Waals surface area contributed by atoms with Crippen LogP contribution in [-0.2, 0) is 4.79 Å². The molecular weight excluding hydrogens is 365 g/mol. The molecule has 2 rings (SSSR count). The minimum atomic E-state index is -4.25. The monoisotopic (exact) mass is 384 g/mol. The van der Waals surface area contributed by atoms with Crippen molar-refractivity contribution in [3.8, 4) is 5.75 Å². The number of nitrogens with one attached hydrogen (secondary N) is 2. The van der Waals surface area contributed by atoms with Gasteiger partial charge in [-0.2, -0.15) is 13.2 Å². The van der Waals surface area contributed by atoms with Crippen LogP contribution in [0.25, 0.3) is 0 Å². The zero-order chi connectivity index (χ0) is 19.2. The summed E-state index contributed by atoms with van der Waals surface area (Å²) in [6, 6.07) is 12.0. The van der Waals surface area contributed by atoms with Crippen LogP contribution in [0.3, 0.4) is 0 Å². The number of ether oxygens (including phenoxy) is 1. The summed E-state index contributed by atoms with van der Waals surface area (Å²) >= 11 is 0.678. The Hall–Kier alpha value is -2.35. The number of benzene rings is 2. The van der Waals surface area contributed by atoms with E-state index in [1.165, 1.54) is 7.11 Å². The van der Waals surface area contributed by atoms with E-state index < -0.39 is 11.9 Å². The van der Waals surface area contributed by atoms with Gasteiger partial charge in [0, 0.05) is 10.6 Å². The van der Waals surface area contributed by atoms with Crippen molar-refractivity contribution in [3.05, 3.63) is 48.0 Å². The zero-order valence-electron chi connectivity index (χ0n) is 14.3. The van der Waals surface area contributed by atoms with Crippen molar-refractivity contribution < 1.29 is 22.7 Å². The van der Waals surface area contributed by atoms with Gasteiger partial charge in [0.15, 0.2) is 0 Å². The first kappa shape index (κ1) is 20.0. The second-order valence-electron chi connectivity index (χ2n) is 5.51. The summed E-state index contributed by atoms with van der Waals surface area (Å²) in [4.78, 5) is 12.6. The molecule has 0 saturated carbocycles. The minimum Gasteiger partial charge on any atom is -0.495 e. The number of para-hydroxylation sites is 1. The number of halogens is 3. The van der Waals surface area contributed by atoms with E-state index in [0.717, 1.165) is 5.56 Å². The van der Waals surface area contributed by atoms with Crippen LogP contribution in [0.4, 0.5) is 24.5 Å². The lowest BCUT2D eigenvalue weighted by atomic mass is 10.2. The zero-order valence-corrected chi connectivity index (χ0v) is 15.1. The lowest BCUT2D eigenvalue weighted by Gasteiger charge is -2.14. The van der Waals surface area contributed by atoms with Crippen molar-refractivity contribution in [3.63, 3.8) is 0 Å². The van der Waals surface area contributed by atoms with Gasteiger partial charge < -0.3 is 15.4 Å². The van der Waals surface area contributed by atoms with Crippen molar-refractivity contribution in [1.82, 2.24) is 0 Å². The molecule has 0 aromatic heterocycles. The highest BCUT2D eigenvalue weighted by atomic mass is 32.2. The number of anilines is 2. The summed E-state index contributed by atoms with van der Waals surface area (Å²) in [6.45, 7) is 1.81. The third-order valence-electron chi connectivity index (χ3n) is 3.35. The van der Waals surface area contributed by atoms with Gasteiger partial charge in [0.05, 0.1) is 25.1 Å². The maximum Gasteiger partial charge on any atom is 0.398 e. The summed E-state index contributed by atoms with van der Waals surface area (Å²) in [5.74, 6) is -0.784. The highest BCUT2D eigenvalue weighted by Crippen LogP contribution is 2.32. The maximum atomic E-state index is 12.4. The molecule has 0 unspecified atom stereocenters. The number of thioether (sulfide) groups is 1. The molecule has 2 aromatic rings. The van der Waals surface area contributed by atoms with Crippen LogP contribution in [0.2, 0.25) is 0 Å². The van der Waals surface area contributed by atoms with Crippen LogP contribution in [-0.4, -0.2) is 31.5 Å². The maximum absolute atomic E-state index is 12.4. The van der Waals surface area contributed by atoms with E-state index in [4.69, 9.17) is 4.74 Å². The Kier molecular flexibility index (Phi) is 6.79. The lowest BCUT2D eigenvalue weighted by molar-refractivity contribution is -0.114. The van der Waals surface area contributed by atoms with Gasteiger partial charge in [0.25, 0.3) is 0 Å². The topological polar surface area (TPSA) is 50.4 Å². The van der Waals surface area contributed by atoms with Crippen LogP contribution in [0.15, 0.2) is 47.4 Å². The average Bonchev–Trinajstić information content (AvgIpc) is 2.58. The van der Waals surface area contributed by atoms with Crippen molar-refractivity contribution in [2.75, 3.05) is 30.0 Å². The van der Waals surface area contributed by atoms with Crippen LogP contribution >= 0.6 is 11.8 Å². The van der Waals surface area contributed by atoms with Gasteiger partial charge in [-0.05, 0) is 36.8 Å². The summed E-state index contributed by atoms with van der Waals surface area (Å²) < 4.78 is 42.5. The first-order valence-corrected chi connectivity index (χ1v) is 8.74. The van der Waals surface area contributed by atoms with E-state index >= 15 is 0 Å². The number of hydrogen-bond acceptors (Lipinski definition) is 4. The summed E-state index contributed by atoms with van der Waals surface area (Å²) in [7, 11) is 1.51. The number of carbonyl (C=O) groups is 1. The number of methoxy groups -OCH3 is 1. The second-order valence-corrected chi connectivity index (χ2v) is 6.52. The second kappa shape index (κ2) is 8.84. The number of aryl methyl sites for hydroxylation is 1. The molecule has 140 valence electrons. The summed E-state index contributed by atoms with van der Waals surface area (Å²) in [5.41, 5.74) is 1.98. The molecule has 0 aliphatic rings. The fourth-order valence-corrected chi connectivity index (χ4v) is 2.98. The van der Waals surface area contributed by atoms with E-state index in [0.29, 0.717) is 33.8 Å². The van der Waals surface area contributed by atoms with Crippen molar-refractivity contribution >= 4 is 29.0 Å². The molecule has 0 saturated heterocycles. The molecule has 2 N–H and O–H groups in total. The fraction of sp³-hybridized carbons (Fsp3) is 0.278. The quantitative estimate of drug-likeness (QED) is 0.679. The highest BCUT2D eigenvalue weighted by Gasteiger charge is 2.27. The molecule has 0 aliphatic carbocycles. The van der Waals surface area contributed by atoms with Gasteiger partial charge >= 0.3 is 6.18 Å². The van der Waals surface area contributed by atoms with Gasteiger partial charge in [0.2, 0.25) is 5.91 Å². The van der Waals surface area contributed by atoms with Crippen LogP contribution < -0.4 is 15.4 Å². The smallest absolute Gasteiger partial charge is 0.398 e. The molecule has 4 nitrogen and oxygen atoms in total. The Labute approximate surface area is 154 Å². The van der Waals surface area contributed by atoms with E-state index in [1.807, 2.05) is 13.0 Å². The van der Waals surface area contributed by atoms with Crippen LogP contribution in [0, 0.1) is 6.92 Å². The van der Waals surface area contributed by atoms with Crippen molar-refractivity contribution in [2.45, 2.75) is 18.0 Å². The normalized spacial score (nSPS) is 11.1. The molecular formula is C18H19F3N2O2S. The Bertz CT molecular complexity index is 766. The van der Waals surface area contributed by atoms with Crippen molar-refractivity contribution in [1.29, 1.82) is 0 Å². The first-order chi connectivity index (χ1) is 12.3. The number of hydrogen-bond donors (Lipinski definition) is 2. The molecule has 0 spiro atoms. The molecule has 0 fully saturated rings. The standard InChI is InChI=1S/C18H19F3N2O2S/c1-12-7-8-15(25-2)14(9-12)23-17(24)10-22-13-5-3-4-6-16(13)26-11-18(19,20)21/h3-9,22H,10-11H2,1-2H3,(H,23,24). The molecule has 0 heterocycles. The lowest BCUT2D eigenvalue weighted by Crippen LogP contribution is -2.22. The SMILES string of the molecule is COc1ccc(C)cc1NC(=O)CNc1ccccc1SCC(F)(F)F. The highest BCUT2D eigenvalue weighted by molar-refractivity contribution is 7.99. The Morgan fingerprint density at radius 2 is 1.88 bits per heavy atom. The molecule has 8 heteroatoms.